The third-order valence-electron chi connectivity index (χ3n) is 10.9. The number of hydrogen-bond donors (Lipinski definition) is 0. The van der Waals surface area contributed by atoms with Gasteiger partial charge < -0.3 is 14.7 Å². The van der Waals surface area contributed by atoms with Gasteiger partial charge in [0.25, 0.3) is 0 Å². The van der Waals surface area contributed by atoms with Crippen molar-refractivity contribution in [2.75, 3.05) is 14.7 Å². The van der Waals surface area contributed by atoms with Crippen molar-refractivity contribution in [3.05, 3.63) is 179 Å². The molecule has 6 aromatic carbocycles. The molecule has 0 amide bonds. The third kappa shape index (κ3) is 6.35. The fourth-order valence-electron chi connectivity index (χ4n) is 8.04. The average Bonchev–Trinajstić information content (AvgIpc) is 3.54. The van der Waals surface area contributed by atoms with Crippen LogP contribution in [0.4, 0.5) is 45.5 Å². The number of aryl methyl sites for hydroxylation is 2. The molecule has 2 bridgehead atoms. The number of allylic oxidation sites excluding steroid dienone is 3. The maximum Gasteiger partial charge on any atom is 0.0676 e. The van der Waals surface area contributed by atoms with Crippen molar-refractivity contribution in [3.8, 4) is 0 Å². The Morgan fingerprint density at radius 2 is 1.31 bits per heavy atom. The van der Waals surface area contributed by atoms with Gasteiger partial charge in [-0.3, -0.25) is 0 Å². The minimum Gasteiger partial charge on any atom is -0.309 e. The lowest BCUT2D eigenvalue weighted by Gasteiger charge is -2.36. The third-order valence-corrected chi connectivity index (χ3v) is 13.1. The van der Waals surface area contributed by atoms with Crippen molar-refractivity contribution in [1.82, 2.24) is 0 Å². The Morgan fingerprint density at radius 1 is 0.618 bits per heavy atom. The summed E-state index contributed by atoms with van der Waals surface area (Å²) in [6.45, 7) is 11.5. The van der Waals surface area contributed by atoms with Crippen molar-refractivity contribution < 1.29 is 0 Å². The lowest BCUT2D eigenvalue weighted by molar-refractivity contribution is 0.864. The lowest BCUT2D eigenvalue weighted by Crippen LogP contribution is -2.21. The number of anilines is 8. The number of nitrogens with zero attached hydrogens (tertiary/aromatic N) is 3. The minimum atomic E-state index is 0.314. The van der Waals surface area contributed by atoms with Crippen molar-refractivity contribution in [2.24, 2.45) is 0 Å². The summed E-state index contributed by atoms with van der Waals surface area (Å²) in [4.78, 5) is 11.3. The van der Waals surface area contributed by atoms with Gasteiger partial charge in [-0.2, -0.15) is 0 Å². The van der Waals surface area contributed by atoms with Crippen LogP contribution in [0.5, 0.6) is 0 Å². The molecule has 272 valence electrons. The van der Waals surface area contributed by atoms with E-state index in [9.17, 15) is 0 Å². The summed E-state index contributed by atoms with van der Waals surface area (Å²) in [6, 6.07) is 49.3. The quantitative estimate of drug-likeness (QED) is 0.167. The van der Waals surface area contributed by atoms with Gasteiger partial charge in [-0.05, 0) is 129 Å². The summed E-state index contributed by atoms with van der Waals surface area (Å²) < 4.78 is 1.32. The standard InChI is InChI=1S/C50H45N3S2/c1-33(2)37-30-45(52(39-20-10-7-11-21-39)50-36(5)54-47-25-15-12-22-41(47)50)35(4)46(31-37)53-43-24-14-17-27-49(43)55-48-26-16-13-23-42(48)51(38-18-8-6-9-19-38)40-29-28-34(3)44(53)32-40/h6,8-10,12-33H,7,11H2,1-5H3. The van der Waals surface area contributed by atoms with E-state index in [1.807, 2.05) is 23.1 Å². The van der Waals surface area contributed by atoms with Crippen LogP contribution in [-0.2, 0) is 0 Å². The van der Waals surface area contributed by atoms with Gasteiger partial charge in [0.2, 0.25) is 0 Å². The van der Waals surface area contributed by atoms with E-state index in [0.717, 1.165) is 24.2 Å². The lowest BCUT2D eigenvalue weighted by atomic mass is 9.95. The Labute approximate surface area is 333 Å². The molecule has 7 aromatic rings. The molecule has 0 atom stereocenters. The molecule has 55 heavy (non-hydrogen) atoms. The van der Waals surface area contributed by atoms with E-state index in [2.05, 4.69) is 201 Å². The topological polar surface area (TPSA) is 9.72 Å². The molecule has 0 N–H and O–H groups in total. The maximum atomic E-state index is 2.56. The second-order valence-electron chi connectivity index (χ2n) is 14.8. The largest absolute Gasteiger partial charge is 0.309 e. The van der Waals surface area contributed by atoms with Gasteiger partial charge in [0.05, 0.1) is 34.1 Å². The molecule has 2 heterocycles. The fourth-order valence-corrected chi connectivity index (χ4v) is 10.1. The highest BCUT2D eigenvalue weighted by atomic mass is 32.2. The van der Waals surface area contributed by atoms with Gasteiger partial charge in [0, 0.05) is 41.8 Å². The smallest absolute Gasteiger partial charge is 0.0676 e. The summed E-state index contributed by atoms with van der Waals surface area (Å²) in [6.07, 6.45) is 9.18. The second kappa shape index (κ2) is 14.6. The van der Waals surface area contributed by atoms with E-state index >= 15 is 0 Å². The van der Waals surface area contributed by atoms with E-state index in [-0.39, 0.29) is 0 Å². The van der Waals surface area contributed by atoms with Crippen LogP contribution in [0.1, 0.15) is 54.2 Å². The molecule has 1 aromatic heterocycles. The molecule has 5 heteroatoms. The summed E-state index contributed by atoms with van der Waals surface area (Å²) in [7, 11) is 0. The van der Waals surface area contributed by atoms with E-state index in [0.29, 0.717) is 5.92 Å². The van der Waals surface area contributed by atoms with Gasteiger partial charge in [-0.25, -0.2) is 0 Å². The molecule has 2 aliphatic rings. The van der Waals surface area contributed by atoms with Crippen molar-refractivity contribution in [1.29, 1.82) is 0 Å². The highest BCUT2D eigenvalue weighted by molar-refractivity contribution is 7.99. The molecule has 0 spiro atoms. The van der Waals surface area contributed by atoms with Crippen LogP contribution >= 0.6 is 23.1 Å². The zero-order valence-corrected chi connectivity index (χ0v) is 33.7. The van der Waals surface area contributed by atoms with Crippen molar-refractivity contribution in [3.63, 3.8) is 0 Å². The monoisotopic (exact) mass is 751 g/mol. The number of fused-ring (bicyclic) bond motifs is 5. The van der Waals surface area contributed by atoms with Crippen LogP contribution in [0.3, 0.4) is 0 Å². The average molecular weight is 752 g/mol. The van der Waals surface area contributed by atoms with Crippen LogP contribution in [0.15, 0.2) is 167 Å². The molecule has 1 aliphatic carbocycles. The molecule has 0 unspecified atom stereocenters. The summed E-state index contributed by atoms with van der Waals surface area (Å²) >= 11 is 3.73. The first kappa shape index (κ1) is 35.2. The molecular weight excluding hydrogens is 707 g/mol. The van der Waals surface area contributed by atoms with Gasteiger partial charge in [-0.15, -0.1) is 11.3 Å². The van der Waals surface area contributed by atoms with E-state index in [1.165, 1.54) is 81.3 Å². The summed E-state index contributed by atoms with van der Waals surface area (Å²) in [5.41, 5.74) is 14.5. The van der Waals surface area contributed by atoms with Crippen LogP contribution < -0.4 is 14.7 Å². The predicted molar refractivity (Wildman–Crippen MR) is 239 cm³/mol. The minimum absolute atomic E-state index is 0.314. The molecule has 0 fully saturated rings. The molecule has 0 saturated carbocycles. The number of thiophene rings is 1. The normalized spacial score (nSPS) is 13.8. The predicted octanol–water partition coefficient (Wildman–Crippen LogP) is 15.7. The Hall–Kier alpha value is -5.49. The molecule has 9 rings (SSSR count). The van der Waals surface area contributed by atoms with Crippen molar-refractivity contribution >= 4 is 78.7 Å². The first-order valence-electron chi connectivity index (χ1n) is 19.3. The number of benzene rings is 6. The summed E-state index contributed by atoms with van der Waals surface area (Å²) in [5.74, 6) is 0.314. The zero-order chi connectivity index (χ0) is 37.6. The second-order valence-corrected chi connectivity index (χ2v) is 17.1. The van der Waals surface area contributed by atoms with Gasteiger partial charge in [0.1, 0.15) is 0 Å². The highest BCUT2D eigenvalue weighted by Crippen LogP contribution is 2.53. The van der Waals surface area contributed by atoms with Crippen LogP contribution in [-0.4, -0.2) is 0 Å². The number of hydrogen-bond acceptors (Lipinski definition) is 5. The fraction of sp³-hybridized carbons (Fsp3) is 0.160. The van der Waals surface area contributed by atoms with Gasteiger partial charge >= 0.3 is 0 Å². The van der Waals surface area contributed by atoms with Crippen LogP contribution in [0.25, 0.3) is 10.1 Å². The Balaban J connectivity index is 1.35. The molecule has 0 saturated heterocycles. The van der Waals surface area contributed by atoms with E-state index < -0.39 is 0 Å². The first-order chi connectivity index (χ1) is 26.9. The molecular formula is C50H45N3S2. The Morgan fingerprint density at radius 3 is 2.04 bits per heavy atom. The van der Waals surface area contributed by atoms with E-state index in [1.54, 1.807) is 0 Å². The number of rotatable bonds is 6. The van der Waals surface area contributed by atoms with Gasteiger partial charge in [0.15, 0.2) is 0 Å². The van der Waals surface area contributed by atoms with Crippen molar-refractivity contribution in [2.45, 2.75) is 63.2 Å². The highest BCUT2D eigenvalue weighted by Gasteiger charge is 2.29. The molecule has 1 aliphatic heterocycles. The Bertz CT molecular complexity index is 2610. The zero-order valence-electron chi connectivity index (χ0n) is 32.1. The van der Waals surface area contributed by atoms with Crippen LogP contribution in [0.2, 0.25) is 0 Å². The molecule has 0 radical (unpaired) electrons. The first-order valence-corrected chi connectivity index (χ1v) is 20.9. The maximum absolute atomic E-state index is 2.56. The summed E-state index contributed by atoms with van der Waals surface area (Å²) in [5, 5.41) is 1.30. The SMILES string of the molecule is Cc1ccc2cc1N(c1cc(C(C)C)cc(N(C3=CCCC=C3)c3c(C)sc4ccccc34)c1C)c1ccccc1Sc1ccccc1N2c1ccccc1. The van der Waals surface area contributed by atoms with Gasteiger partial charge in [-0.1, -0.05) is 104 Å². The van der Waals surface area contributed by atoms with Crippen LogP contribution in [0, 0.1) is 20.8 Å². The number of para-hydroxylation sites is 3. The Kier molecular flexibility index (Phi) is 9.37. The van der Waals surface area contributed by atoms with E-state index in [4.69, 9.17) is 0 Å². The molecule has 3 nitrogen and oxygen atoms in total.